The Morgan fingerprint density at radius 1 is 1.10 bits per heavy atom. The van der Waals surface area contributed by atoms with E-state index in [-0.39, 0.29) is 11.8 Å². The fraction of sp³-hybridized carbons (Fsp3) is 0.318. The lowest BCUT2D eigenvalue weighted by Crippen LogP contribution is -2.44. The molecule has 2 aliphatic heterocycles. The monoisotopic (exact) mass is 454 g/mol. The summed E-state index contributed by atoms with van der Waals surface area (Å²) in [5, 5.41) is 3.98. The van der Waals surface area contributed by atoms with Gasteiger partial charge in [0.25, 0.3) is 5.91 Å². The summed E-state index contributed by atoms with van der Waals surface area (Å²) in [7, 11) is 0. The zero-order valence-corrected chi connectivity index (χ0v) is 18.5. The molecule has 3 heterocycles. The first-order valence-electron chi connectivity index (χ1n) is 10.2. The van der Waals surface area contributed by atoms with Gasteiger partial charge < -0.3 is 19.9 Å². The van der Waals surface area contributed by atoms with Gasteiger partial charge in [-0.3, -0.25) is 9.59 Å². The van der Waals surface area contributed by atoms with Gasteiger partial charge in [0.2, 0.25) is 5.91 Å². The molecule has 2 fully saturated rings. The van der Waals surface area contributed by atoms with E-state index in [1.54, 1.807) is 40.1 Å². The third-order valence-electron chi connectivity index (χ3n) is 5.39. The van der Waals surface area contributed by atoms with E-state index < -0.39 is 6.04 Å². The van der Waals surface area contributed by atoms with Crippen LogP contribution in [0.15, 0.2) is 48.5 Å². The quantitative estimate of drug-likeness (QED) is 0.652. The molecule has 160 valence electrons. The highest BCUT2D eigenvalue weighted by Crippen LogP contribution is 2.31. The van der Waals surface area contributed by atoms with Crippen molar-refractivity contribution in [3.8, 4) is 0 Å². The summed E-state index contributed by atoms with van der Waals surface area (Å²) in [5.41, 5.74) is 2.24. The predicted octanol–water partition coefficient (Wildman–Crippen LogP) is 3.29. The van der Waals surface area contributed by atoms with Crippen LogP contribution in [0.25, 0.3) is 10.2 Å². The van der Waals surface area contributed by atoms with Crippen LogP contribution in [0.5, 0.6) is 0 Å². The van der Waals surface area contributed by atoms with Crippen molar-refractivity contribution in [3.63, 3.8) is 0 Å². The molecule has 9 heteroatoms. The number of thioether (sulfide) groups is 1. The van der Waals surface area contributed by atoms with Crippen molar-refractivity contribution in [2.45, 2.75) is 6.04 Å². The van der Waals surface area contributed by atoms with Gasteiger partial charge in [-0.05, 0) is 30.3 Å². The summed E-state index contributed by atoms with van der Waals surface area (Å²) in [6.45, 7) is 3.12. The third kappa shape index (κ3) is 4.26. The van der Waals surface area contributed by atoms with E-state index in [0.29, 0.717) is 17.2 Å². The van der Waals surface area contributed by atoms with Crippen molar-refractivity contribution >= 4 is 55.9 Å². The molecule has 7 nitrogen and oxygen atoms in total. The van der Waals surface area contributed by atoms with E-state index in [1.807, 2.05) is 36.4 Å². The summed E-state index contributed by atoms with van der Waals surface area (Å²) in [6.07, 6.45) is 0. The molecule has 0 bridgehead atoms. The molecule has 5 rings (SSSR count). The molecule has 2 aromatic carbocycles. The molecule has 0 aliphatic carbocycles. The Morgan fingerprint density at radius 2 is 1.90 bits per heavy atom. The van der Waals surface area contributed by atoms with E-state index in [2.05, 4.69) is 10.2 Å². The smallest absolute Gasteiger partial charge is 0.255 e. The van der Waals surface area contributed by atoms with Gasteiger partial charge in [0.15, 0.2) is 5.13 Å². The SMILES string of the molecule is O=C(Nc1ccc2nc(N3CCOCC3)sc2c1)[C@@H]1CSCN1C(=O)c1ccccc1. The average molecular weight is 455 g/mol. The number of hydrogen-bond acceptors (Lipinski definition) is 7. The van der Waals surface area contributed by atoms with Crippen LogP contribution < -0.4 is 10.2 Å². The van der Waals surface area contributed by atoms with Gasteiger partial charge >= 0.3 is 0 Å². The summed E-state index contributed by atoms with van der Waals surface area (Å²) in [4.78, 5) is 34.5. The molecule has 1 N–H and O–H groups in total. The Labute approximate surface area is 188 Å². The number of carbonyl (C=O) groups is 2. The predicted molar refractivity (Wildman–Crippen MR) is 125 cm³/mol. The number of fused-ring (bicyclic) bond motifs is 1. The Kier molecular flexibility index (Phi) is 5.80. The molecular formula is C22H22N4O3S2. The molecular weight excluding hydrogens is 432 g/mol. The standard InChI is InChI=1S/C22H22N4O3S2/c27-20(18-13-30-14-26(18)21(28)15-4-2-1-3-5-15)23-16-6-7-17-19(12-16)31-22(24-17)25-8-10-29-11-9-25/h1-7,12,18H,8-11,13-14H2,(H,23,27)/t18-/m0/s1. The molecule has 3 aromatic rings. The highest BCUT2D eigenvalue weighted by molar-refractivity contribution is 7.99. The fourth-order valence-corrected chi connectivity index (χ4v) is 5.92. The summed E-state index contributed by atoms with van der Waals surface area (Å²) in [5.74, 6) is 0.835. The van der Waals surface area contributed by atoms with Gasteiger partial charge in [-0.2, -0.15) is 0 Å². The van der Waals surface area contributed by atoms with E-state index in [4.69, 9.17) is 9.72 Å². The molecule has 2 aliphatic rings. The minimum absolute atomic E-state index is 0.112. The summed E-state index contributed by atoms with van der Waals surface area (Å²) >= 11 is 3.21. The topological polar surface area (TPSA) is 74.8 Å². The lowest BCUT2D eigenvalue weighted by atomic mass is 10.1. The average Bonchev–Trinajstić information content (AvgIpc) is 3.47. The van der Waals surface area contributed by atoms with Crippen molar-refractivity contribution in [3.05, 3.63) is 54.1 Å². The fourth-order valence-electron chi connectivity index (χ4n) is 3.71. The molecule has 0 spiro atoms. The minimum Gasteiger partial charge on any atom is -0.378 e. The summed E-state index contributed by atoms with van der Waals surface area (Å²) < 4.78 is 6.44. The number of rotatable bonds is 4. The van der Waals surface area contributed by atoms with Crippen LogP contribution in [-0.2, 0) is 9.53 Å². The van der Waals surface area contributed by atoms with E-state index in [9.17, 15) is 9.59 Å². The zero-order chi connectivity index (χ0) is 21.2. The van der Waals surface area contributed by atoms with Crippen LogP contribution in [0.2, 0.25) is 0 Å². The van der Waals surface area contributed by atoms with Gasteiger partial charge in [0.05, 0.1) is 29.3 Å². The molecule has 2 amide bonds. The number of carbonyl (C=O) groups excluding carboxylic acids is 2. The Bertz CT molecular complexity index is 1100. The van der Waals surface area contributed by atoms with Crippen LogP contribution >= 0.6 is 23.1 Å². The van der Waals surface area contributed by atoms with Crippen LogP contribution in [0.4, 0.5) is 10.8 Å². The molecule has 1 aromatic heterocycles. The third-order valence-corrected chi connectivity index (χ3v) is 7.48. The highest BCUT2D eigenvalue weighted by atomic mass is 32.2. The number of amides is 2. The van der Waals surface area contributed by atoms with Crippen molar-refractivity contribution in [2.75, 3.05) is 48.1 Å². The Balaban J connectivity index is 1.30. The second-order valence-electron chi connectivity index (χ2n) is 7.42. The lowest BCUT2D eigenvalue weighted by molar-refractivity contribution is -0.119. The van der Waals surface area contributed by atoms with Crippen LogP contribution in [0.3, 0.4) is 0 Å². The number of morpholine rings is 1. The minimum atomic E-state index is -0.487. The van der Waals surface area contributed by atoms with Gasteiger partial charge in [0.1, 0.15) is 6.04 Å². The number of benzene rings is 2. The van der Waals surface area contributed by atoms with E-state index >= 15 is 0 Å². The maximum absolute atomic E-state index is 13.0. The molecule has 2 saturated heterocycles. The second kappa shape index (κ2) is 8.86. The van der Waals surface area contributed by atoms with Gasteiger partial charge in [-0.25, -0.2) is 4.98 Å². The number of thiazole rings is 1. The first kappa shape index (κ1) is 20.3. The number of ether oxygens (including phenoxy) is 1. The van der Waals surface area contributed by atoms with Gasteiger partial charge in [0, 0.05) is 30.1 Å². The molecule has 0 saturated carbocycles. The largest absolute Gasteiger partial charge is 0.378 e. The van der Waals surface area contributed by atoms with Crippen molar-refractivity contribution in [2.24, 2.45) is 0 Å². The molecule has 0 unspecified atom stereocenters. The maximum atomic E-state index is 13.0. The van der Waals surface area contributed by atoms with Gasteiger partial charge in [-0.1, -0.05) is 29.5 Å². The number of aromatic nitrogens is 1. The van der Waals surface area contributed by atoms with E-state index in [0.717, 1.165) is 47.3 Å². The molecule has 1 atom stereocenters. The summed E-state index contributed by atoms with van der Waals surface area (Å²) in [6, 6.07) is 14.4. The number of nitrogens with one attached hydrogen (secondary N) is 1. The van der Waals surface area contributed by atoms with Crippen LogP contribution in [0, 0.1) is 0 Å². The highest BCUT2D eigenvalue weighted by Gasteiger charge is 2.35. The Hall–Kier alpha value is -2.62. The maximum Gasteiger partial charge on any atom is 0.255 e. The normalized spacial score (nSPS) is 19.0. The van der Waals surface area contributed by atoms with Crippen molar-refractivity contribution in [1.82, 2.24) is 9.88 Å². The number of anilines is 2. The van der Waals surface area contributed by atoms with Gasteiger partial charge in [-0.15, -0.1) is 11.8 Å². The number of hydrogen-bond donors (Lipinski definition) is 1. The first-order valence-corrected chi connectivity index (χ1v) is 12.1. The molecule has 0 radical (unpaired) electrons. The zero-order valence-electron chi connectivity index (χ0n) is 16.8. The lowest BCUT2D eigenvalue weighted by Gasteiger charge is -2.25. The number of nitrogens with zero attached hydrogens (tertiary/aromatic N) is 3. The van der Waals surface area contributed by atoms with Crippen LogP contribution in [-0.4, -0.2) is 65.7 Å². The van der Waals surface area contributed by atoms with Crippen molar-refractivity contribution < 1.29 is 14.3 Å². The van der Waals surface area contributed by atoms with Crippen LogP contribution in [0.1, 0.15) is 10.4 Å². The second-order valence-corrected chi connectivity index (χ2v) is 9.43. The van der Waals surface area contributed by atoms with E-state index in [1.165, 1.54) is 0 Å². The van der Waals surface area contributed by atoms with Crippen molar-refractivity contribution in [1.29, 1.82) is 0 Å². The molecule has 31 heavy (non-hydrogen) atoms. The Morgan fingerprint density at radius 3 is 2.71 bits per heavy atom. The first-order chi connectivity index (χ1) is 15.2.